The van der Waals surface area contributed by atoms with Gasteiger partial charge in [0.05, 0.1) is 10.6 Å². The fourth-order valence-electron chi connectivity index (χ4n) is 1.14. The average Bonchev–Trinajstić information content (AvgIpc) is 2.27. The second-order valence-electron chi connectivity index (χ2n) is 3.34. The van der Waals surface area contributed by atoms with Crippen molar-refractivity contribution in [1.82, 2.24) is 0 Å². The Bertz CT molecular complexity index is 288. The van der Waals surface area contributed by atoms with Crippen LogP contribution in [0.4, 0.5) is 5.69 Å². The van der Waals surface area contributed by atoms with Gasteiger partial charge >= 0.3 is 0 Å². The van der Waals surface area contributed by atoms with Gasteiger partial charge in [-0.2, -0.15) is 0 Å². The van der Waals surface area contributed by atoms with E-state index < -0.39 is 0 Å². The number of hydrogen-bond acceptors (Lipinski definition) is 1. The number of para-hydroxylation sites is 1. The van der Waals surface area contributed by atoms with Gasteiger partial charge in [-0.1, -0.05) is 32.0 Å². The van der Waals surface area contributed by atoms with Gasteiger partial charge in [0.2, 0.25) is 0 Å². The molecule has 76 valence electrons. The van der Waals surface area contributed by atoms with Crippen LogP contribution in [0, 0.1) is 0 Å². The van der Waals surface area contributed by atoms with Crippen molar-refractivity contribution in [3.63, 3.8) is 0 Å². The highest BCUT2D eigenvalue weighted by Crippen LogP contribution is 2.22. The number of alkyl halides is 1. The van der Waals surface area contributed by atoms with Crippen LogP contribution < -0.4 is 0 Å². The molecule has 14 heavy (non-hydrogen) atoms. The lowest BCUT2D eigenvalue weighted by Crippen LogP contribution is -2.20. The average molecular weight is 210 g/mol. The van der Waals surface area contributed by atoms with Crippen molar-refractivity contribution in [2.45, 2.75) is 31.6 Å². The van der Waals surface area contributed by atoms with E-state index in [1.54, 1.807) is 0 Å². The maximum Gasteiger partial charge on any atom is 0.0791 e. The fraction of sp³-hybridized carbons (Fsp3) is 0.417. The Kier molecular flexibility index (Phi) is 4.15. The highest BCUT2D eigenvalue weighted by Gasteiger charge is 2.19. The molecular formula is C12H16ClN. The van der Waals surface area contributed by atoms with E-state index in [-0.39, 0.29) is 4.87 Å². The van der Waals surface area contributed by atoms with Gasteiger partial charge in [-0.3, -0.25) is 4.99 Å². The molecule has 2 heteroatoms. The summed E-state index contributed by atoms with van der Waals surface area (Å²) in [6.07, 6.45) is 3.66. The molecule has 0 radical (unpaired) electrons. The fourth-order valence-corrected chi connectivity index (χ4v) is 1.19. The van der Waals surface area contributed by atoms with Crippen molar-refractivity contribution >= 4 is 23.5 Å². The third kappa shape index (κ3) is 3.15. The van der Waals surface area contributed by atoms with Gasteiger partial charge in [-0.05, 0) is 25.0 Å². The largest absolute Gasteiger partial charge is 0.259 e. The van der Waals surface area contributed by atoms with Gasteiger partial charge in [-0.25, -0.2) is 0 Å². The summed E-state index contributed by atoms with van der Waals surface area (Å²) in [4.78, 5) is 4.08. The quantitative estimate of drug-likeness (QED) is 0.521. The number of halogens is 1. The van der Waals surface area contributed by atoms with Crippen LogP contribution in [-0.2, 0) is 0 Å². The summed E-state index contributed by atoms with van der Waals surface area (Å²) in [5.74, 6) is 0. The molecule has 0 bridgehead atoms. The van der Waals surface area contributed by atoms with Crippen molar-refractivity contribution < 1.29 is 0 Å². The van der Waals surface area contributed by atoms with Crippen molar-refractivity contribution in [1.29, 1.82) is 0 Å². The Balaban J connectivity index is 2.72. The zero-order chi connectivity index (χ0) is 10.4. The molecule has 0 N–H and O–H groups in total. The zero-order valence-electron chi connectivity index (χ0n) is 8.70. The lowest BCUT2D eigenvalue weighted by Gasteiger charge is -2.17. The van der Waals surface area contributed by atoms with E-state index in [4.69, 9.17) is 11.6 Å². The molecule has 0 heterocycles. The first-order valence-corrected chi connectivity index (χ1v) is 5.37. The summed E-state index contributed by atoms with van der Waals surface area (Å²) < 4.78 is 0. The molecule has 0 aliphatic rings. The maximum absolute atomic E-state index is 6.31. The number of benzene rings is 1. The Morgan fingerprint density at radius 2 is 1.79 bits per heavy atom. The first-order valence-electron chi connectivity index (χ1n) is 4.99. The summed E-state index contributed by atoms with van der Waals surface area (Å²) in [5, 5.41) is 0. The molecule has 1 nitrogen and oxygen atoms in total. The minimum absolute atomic E-state index is 0.282. The molecule has 0 amide bonds. The van der Waals surface area contributed by atoms with E-state index in [9.17, 15) is 0 Å². The molecule has 1 rings (SSSR count). The van der Waals surface area contributed by atoms with Crippen LogP contribution in [-0.4, -0.2) is 11.1 Å². The molecule has 0 aliphatic heterocycles. The van der Waals surface area contributed by atoms with Crippen LogP contribution in [0.5, 0.6) is 0 Å². The summed E-state index contributed by atoms with van der Waals surface area (Å²) in [6.45, 7) is 4.15. The van der Waals surface area contributed by atoms with E-state index in [1.165, 1.54) is 0 Å². The van der Waals surface area contributed by atoms with Gasteiger partial charge < -0.3 is 0 Å². The summed E-state index contributed by atoms with van der Waals surface area (Å²) in [7, 11) is 0. The summed E-state index contributed by atoms with van der Waals surface area (Å²) in [5.41, 5.74) is 0.958. The smallest absolute Gasteiger partial charge is 0.0791 e. The number of hydrogen-bond donors (Lipinski definition) is 0. The van der Waals surface area contributed by atoms with Crippen molar-refractivity contribution in [2.75, 3.05) is 0 Å². The molecule has 1 aromatic carbocycles. The Morgan fingerprint density at radius 1 is 1.21 bits per heavy atom. The van der Waals surface area contributed by atoms with Crippen molar-refractivity contribution in [3.8, 4) is 0 Å². The second-order valence-corrected chi connectivity index (χ2v) is 4.09. The topological polar surface area (TPSA) is 12.4 Å². The van der Waals surface area contributed by atoms with Crippen molar-refractivity contribution in [3.05, 3.63) is 30.3 Å². The van der Waals surface area contributed by atoms with Crippen molar-refractivity contribution in [2.24, 2.45) is 4.99 Å². The van der Waals surface area contributed by atoms with E-state index in [2.05, 4.69) is 18.8 Å². The maximum atomic E-state index is 6.31. The lowest BCUT2D eigenvalue weighted by atomic mass is 10.0. The SMILES string of the molecule is CCC(Cl)(C=Nc1ccccc1)CC. The van der Waals surface area contributed by atoms with Crippen LogP contribution in [0.15, 0.2) is 35.3 Å². The minimum atomic E-state index is -0.282. The molecular weight excluding hydrogens is 194 g/mol. The third-order valence-electron chi connectivity index (χ3n) is 2.38. The van der Waals surface area contributed by atoms with E-state index in [1.807, 2.05) is 36.5 Å². The number of aliphatic imine (C=N–C) groups is 1. The normalized spacial score (nSPS) is 12.2. The van der Waals surface area contributed by atoms with Gasteiger partial charge in [0.15, 0.2) is 0 Å². The molecule has 0 fully saturated rings. The Hall–Kier alpha value is -0.820. The second kappa shape index (κ2) is 5.16. The molecule has 0 aromatic heterocycles. The van der Waals surface area contributed by atoms with Gasteiger partial charge in [-0.15, -0.1) is 11.6 Å². The number of rotatable bonds is 4. The molecule has 0 unspecified atom stereocenters. The van der Waals surface area contributed by atoms with Gasteiger partial charge in [0.25, 0.3) is 0 Å². The van der Waals surface area contributed by atoms with Gasteiger partial charge in [0, 0.05) is 6.21 Å². The molecule has 0 atom stereocenters. The van der Waals surface area contributed by atoms with Crippen LogP contribution in [0.2, 0.25) is 0 Å². The summed E-state index contributed by atoms with van der Waals surface area (Å²) in [6, 6.07) is 9.87. The zero-order valence-corrected chi connectivity index (χ0v) is 9.46. The predicted molar refractivity (Wildman–Crippen MR) is 63.8 cm³/mol. The van der Waals surface area contributed by atoms with E-state index in [0.29, 0.717) is 0 Å². The third-order valence-corrected chi connectivity index (χ3v) is 3.01. The Labute approximate surface area is 90.8 Å². The van der Waals surface area contributed by atoms with Crippen LogP contribution in [0.25, 0.3) is 0 Å². The molecule has 0 saturated heterocycles. The molecule has 0 saturated carbocycles. The minimum Gasteiger partial charge on any atom is -0.259 e. The van der Waals surface area contributed by atoms with Crippen LogP contribution >= 0.6 is 11.6 Å². The van der Waals surface area contributed by atoms with Gasteiger partial charge in [0.1, 0.15) is 0 Å². The molecule has 0 spiro atoms. The highest BCUT2D eigenvalue weighted by atomic mass is 35.5. The standard InChI is InChI=1S/C12H16ClN/c1-3-12(13,4-2)10-14-11-8-6-5-7-9-11/h5-10H,3-4H2,1-2H3. The monoisotopic (exact) mass is 209 g/mol. The highest BCUT2D eigenvalue weighted by molar-refractivity contribution is 6.32. The lowest BCUT2D eigenvalue weighted by molar-refractivity contribution is 0.694. The Morgan fingerprint density at radius 3 is 2.29 bits per heavy atom. The van der Waals surface area contributed by atoms with E-state index in [0.717, 1.165) is 18.5 Å². The summed E-state index contributed by atoms with van der Waals surface area (Å²) >= 11 is 6.31. The van der Waals surface area contributed by atoms with Crippen LogP contribution in [0.1, 0.15) is 26.7 Å². The van der Waals surface area contributed by atoms with E-state index >= 15 is 0 Å². The first kappa shape index (κ1) is 11.3. The van der Waals surface area contributed by atoms with Crippen LogP contribution in [0.3, 0.4) is 0 Å². The predicted octanol–water partition coefficient (Wildman–Crippen LogP) is 4.19. The molecule has 0 aliphatic carbocycles. The number of nitrogens with zero attached hydrogens (tertiary/aromatic N) is 1. The first-order chi connectivity index (χ1) is 6.70. The molecule has 1 aromatic rings.